The van der Waals surface area contributed by atoms with E-state index in [9.17, 15) is 4.79 Å². The second kappa shape index (κ2) is 4.84. The lowest BCUT2D eigenvalue weighted by Gasteiger charge is -2.28. The van der Waals surface area contributed by atoms with Crippen LogP contribution in [-0.2, 0) is 0 Å². The molecule has 0 spiro atoms. The fourth-order valence-corrected chi connectivity index (χ4v) is 2.19. The number of Topliss-reactive ketones (excluding diaryl/α,β-unsaturated/α-hetero) is 1. The number of hydrogen-bond donors (Lipinski definition) is 1. The van der Waals surface area contributed by atoms with E-state index in [0.29, 0.717) is 11.5 Å². The molecule has 1 N–H and O–H groups in total. The van der Waals surface area contributed by atoms with Crippen molar-refractivity contribution in [2.45, 2.75) is 18.9 Å². The van der Waals surface area contributed by atoms with Gasteiger partial charge in [-0.3, -0.25) is 4.79 Å². The van der Waals surface area contributed by atoms with E-state index in [0.717, 1.165) is 17.5 Å². The summed E-state index contributed by atoms with van der Waals surface area (Å²) >= 11 is 5.25. The molecule has 90 valence electrons. The zero-order valence-corrected chi connectivity index (χ0v) is 10.9. The van der Waals surface area contributed by atoms with Gasteiger partial charge in [0.2, 0.25) is 0 Å². The number of thiocarbonyl (C=S) groups is 1. The van der Waals surface area contributed by atoms with E-state index >= 15 is 0 Å². The standard InChI is InChI=1S/C13H16N2OS/c1-15(2)13(17)14-11-7-8-12(16)10-6-4-3-5-9(10)11/h3-6,11H,7-8H2,1-2H3,(H,14,17). The van der Waals surface area contributed by atoms with Crippen molar-refractivity contribution in [3.8, 4) is 0 Å². The molecule has 0 bridgehead atoms. The van der Waals surface area contributed by atoms with E-state index in [1.165, 1.54) is 0 Å². The highest BCUT2D eigenvalue weighted by Crippen LogP contribution is 2.29. The Hall–Kier alpha value is -1.42. The number of fused-ring (bicyclic) bond motifs is 1. The molecule has 17 heavy (non-hydrogen) atoms. The van der Waals surface area contributed by atoms with Crippen molar-refractivity contribution >= 4 is 23.1 Å². The summed E-state index contributed by atoms with van der Waals surface area (Å²) in [5.74, 6) is 0.231. The van der Waals surface area contributed by atoms with E-state index in [-0.39, 0.29) is 11.8 Å². The number of carbonyl (C=O) groups excluding carboxylic acids is 1. The number of benzene rings is 1. The fraction of sp³-hybridized carbons (Fsp3) is 0.385. The largest absolute Gasteiger partial charge is 0.356 e. The van der Waals surface area contributed by atoms with Crippen LogP contribution in [0.5, 0.6) is 0 Å². The first-order valence-electron chi connectivity index (χ1n) is 5.69. The van der Waals surface area contributed by atoms with Crippen molar-refractivity contribution < 1.29 is 4.79 Å². The van der Waals surface area contributed by atoms with Gasteiger partial charge in [-0.2, -0.15) is 0 Å². The Morgan fingerprint density at radius 1 is 1.41 bits per heavy atom. The molecule has 1 atom stereocenters. The average Bonchev–Trinajstić information content (AvgIpc) is 2.33. The quantitative estimate of drug-likeness (QED) is 0.772. The number of nitrogens with one attached hydrogen (secondary N) is 1. The van der Waals surface area contributed by atoms with Crippen molar-refractivity contribution in [2.75, 3.05) is 14.1 Å². The van der Waals surface area contributed by atoms with E-state index in [2.05, 4.69) is 5.32 Å². The van der Waals surface area contributed by atoms with Gasteiger partial charge in [0.05, 0.1) is 6.04 Å². The van der Waals surface area contributed by atoms with Crippen LogP contribution in [0.15, 0.2) is 24.3 Å². The minimum Gasteiger partial charge on any atom is -0.356 e. The Morgan fingerprint density at radius 2 is 2.12 bits per heavy atom. The van der Waals surface area contributed by atoms with E-state index in [1.54, 1.807) is 0 Å². The molecule has 1 unspecified atom stereocenters. The fourth-order valence-electron chi connectivity index (χ4n) is 2.05. The van der Waals surface area contributed by atoms with Gasteiger partial charge in [-0.25, -0.2) is 0 Å². The molecule has 0 aliphatic heterocycles. The van der Waals surface area contributed by atoms with Gasteiger partial charge in [0.15, 0.2) is 10.9 Å². The van der Waals surface area contributed by atoms with Gasteiger partial charge in [-0.1, -0.05) is 24.3 Å². The first kappa shape index (κ1) is 12.0. The topological polar surface area (TPSA) is 32.3 Å². The average molecular weight is 248 g/mol. The second-order valence-corrected chi connectivity index (χ2v) is 4.83. The maximum absolute atomic E-state index is 11.8. The SMILES string of the molecule is CN(C)C(=S)NC1CCC(=O)c2ccccc21. The third kappa shape index (κ3) is 2.47. The van der Waals surface area contributed by atoms with Crippen LogP contribution in [0.2, 0.25) is 0 Å². The zero-order valence-electron chi connectivity index (χ0n) is 10.1. The van der Waals surface area contributed by atoms with Crippen LogP contribution < -0.4 is 5.32 Å². The highest BCUT2D eigenvalue weighted by atomic mass is 32.1. The predicted octanol–water partition coefficient (Wildman–Crippen LogP) is 2.14. The highest BCUT2D eigenvalue weighted by molar-refractivity contribution is 7.80. The third-order valence-electron chi connectivity index (χ3n) is 3.00. The molecule has 0 saturated carbocycles. The number of hydrogen-bond acceptors (Lipinski definition) is 2. The van der Waals surface area contributed by atoms with Crippen LogP contribution in [0, 0.1) is 0 Å². The van der Waals surface area contributed by atoms with Crippen molar-refractivity contribution in [1.82, 2.24) is 10.2 Å². The van der Waals surface area contributed by atoms with Crippen LogP contribution >= 0.6 is 12.2 Å². The molecule has 4 heteroatoms. The smallest absolute Gasteiger partial charge is 0.168 e. The minimum absolute atomic E-state index is 0.152. The molecule has 1 aromatic carbocycles. The Bertz CT molecular complexity index is 456. The van der Waals surface area contributed by atoms with Gasteiger partial charge in [0.1, 0.15) is 0 Å². The minimum atomic E-state index is 0.152. The third-order valence-corrected chi connectivity index (χ3v) is 3.48. The van der Waals surface area contributed by atoms with E-state index in [1.807, 2.05) is 43.3 Å². The molecule has 3 nitrogen and oxygen atoms in total. The zero-order chi connectivity index (χ0) is 12.4. The second-order valence-electron chi connectivity index (χ2n) is 4.45. The Kier molecular flexibility index (Phi) is 3.43. The van der Waals surface area contributed by atoms with Gasteiger partial charge in [0.25, 0.3) is 0 Å². The summed E-state index contributed by atoms with van der Waals surface area (Å²) in [6.45, 7) is 0. The molecule has 0 heterocycles. The normalized spacial score (nSPS) is 18.5. The summed E-state index contributed by atoms with van der Waals surface area (Å²) in [4.78, 5) is 13.6. The van der Waals surface area contributed by atoms with Crippen LogP contribution in [-0.4, -0.2) is 29.9 Å². The predicted molar refractivity (Wildman–Crippen MR) is 72.2 cm³/mol. The van der Waals surface area contributed by atoms with Gasteiger partial charge >= 0.3 is 0 Å². The Morgan fingerprint density at radius 3 is 2.82 bits per heavy atom. The Labute approximate surface area is 107 Å². The van der Waals surface area contributed by atoms with Crippen LogP contribution in [0.25, 0.3) is 0 Å². The molecule has 0 saturated heterocycles. The monoisotopic (exact) mass is 248 g/mol. The molecule has 0 aromatic heterocycles. The van der Waals surface area contributed by atoms with Crippen molar-refractivity contribution in [3.05, 3.63) is 35.4 Å². The molecular formula is C13H16N2OS. The van der Waals surface area contributed by atoms with Gasteiger partial charge in [-0.05, 0) is 24.2 Å². The summed E-state index contributed by atoms with van der Waals surface area (Å²) in [6.07, 6.45) is 1.40. The summed E-state index contributed by atoms with van der Waals surface area (Å²) in [7, 11) is 3.82. The first-order chi connectivity index (χ1) is 8.09. The number of ketones is 1. The lowest BCUT2D eigenvalue weighted by atomic mass is 9.87. The first-order valence-corrected chi connectivity index (χ1v) is 6.10. The maximum atomic E-state index is 11.8. The molecule has 1 aliphatic carbocycles. The maximum Gasteiger partial charge on any atom is 0.168 e. The van der Waals surface area contributed by atoms with Crippen molar-refractivity contribution in [2.24, 2.45) is 0 Å². The summed E-state index contributed by atoms with van der Waals surface area (Å²) in [5.41, 5.74) is 1.89. The Balaban J connectivity index is 2.24. The lowest BCUT2D eigenvalue weighted by Crippen LogP contribution is -2.38. The molecular weight excluding hydrogens is 232 g/mol. The molecule has 0 radical (unpaired) electrons. The van der Waals surface area contributed by atoms with E-state index in [4.69, 9.17) is 12.2 Å². The van der Waals surface area contributed by atoms with Crippen LogP contribution in [0.1, 0.15) is 34.8 Å². The van der Waals surface area contributed by atoms with Crippen LogP contribution in [0.3, 0.4) is 0 Å². The van der Waals surface area contributed by atoms with Crippen LogP contribution in [0.4, 0.5) is 0 Å². The summed E-state index contributed by atoms with van der Waals surface area (Å²) in [5, 5.41) is 4.01. The van der Waals surface area contributed by atoms with Crippen molar-refractivity contribution in [3.63, 3.8) is 0 Å². The lowest BCUT2D eigenvalue weighted by molar-refractivity contribution is 0.0965. The number of nitrogens with zero attached hydrogens (tertiary/aromatic N) is 1. The highest BCUT2D eigenvalue weighted by Gasteiger charge is 2.25. The van der Waals surface area contributed by atoms with Gasteiger partial charge in [0, 0.05) is 26.1 Å². The van der Waals surface area contributed by atoms with Gasteiger partial charge < -0.3 is 10.2 Å². The van der Waals surface area contributed by atoms with E-state index < -0.39 is 0 Å². The summed E-state index contributed by atoms with van der Waals surface area (Å²) in [6, 6.07) is 7.92. The number of carbonyl (C=O) groups is 1. The summed E-state index contributed by atoms with van der Waals surface area (Å²) < 4.78 is 0. The molecule has 1 aromatic rings. The molecule has 0 amide bonds. The molecule has 0 fully saturated rings. The molecule has 1 aliphatic rings. The number of rotatable bonds is 1. The van der Waals surface area contributed by atoms with Gasteiger partial charge in [-0.15, -0.1) is 0 Å². The van der Waals surface area contributed by atoms with Crippen molar-refractivity contribution in [1.29, 1.82) is 0 Å². The molecule has 2 rings (SSSR count).